The van der Waals surface area contributed by atoms with Crippen molar-refractivity contribution in [1.82, 2.24) is 0 Å². The molecule has 3 aromatic rings. The van der Waals surface area contributed by atoms with Crippen molar-refractivity contribution in [1.29, 1.82) is 0 Å². The standard InChI is InChI=1S/C10H8.C8H10N2.C3H8.2C2H6/c1-2-6-10-8-4-3-7-9(10)5-1;1-7-3-5-8(6-4-7)10-9-2;1-3-2;2*1-2/h1-8H;3-6H,1-2H3;3H2,1-2H3;2*1-2H3. The van der Waals surface area contributed by atoms with Crippen molar-refractivity contribution in [3.8, 4) is 0 Å². The van der Waals surface area contributed by atoms with Crippen molar-refractivity contribution in [2.75, 3.05) is 7.05 Å². The number of hydrogen-bond acceptors (Lipinski definition) is 2. The molecule has 0 aromatic heterocycles. The maximum absolute atomic E-state index is 3.87. The van der Waals surface area contributed by atoms with E-state index in [1.54, 1.807) is 7.05 Å². The molecule has 0 bridgehead atoms. The Kier molecular flexibility index (Phi) is 19.7. The summed E-state index contributed by atoms with van der Waals surface area (Å²) in [7, 11) is 1.67. The van der Waals surface area contributed by atoms with Crippen LogP contribution in [0.3, 0.4) is 0 Å². The van der Waals surface area contributed by atoms with E-state index in [-0.39, 0.29) is 0 Å². The van der Waals surface area contributed by atoms with Crippen molar-refractivity contribution in [3.63, 3.8) is 0 Å². The number of rotatable bonds is 1. The number of azo groups is 1. The van der Waals surface area contributed by atoms with Gasteiger partial charge in [-0.2, -0.15) is 10.2 Å². The molecule has 0 atom stereocenters. The molecule has 27 heavy (non-hydrogen) atoms. The number of aryl methyl sites for hydroxylation is 1. The fourth-order valence-electron chi connectivity index (χ4n) is 1.86. The second-order valence-electron chi connectivity index (χ2n) is 5.19. The third-order valence-electron chi connectivity index (χ3n) is 2.91. The molecule has 0 saturated carbocycles. The van der Waals surface area contributed by atoms with Crippen LogP contribution in [0.1, 0.15) is 53.5 Å². The summed E-state index contributed by atoms with van der Waals surface area (Å²) in [6.45, 7) is 14.3. The van der Waals surface area contributed by atoms with Crippen molar-refractivity contribution in [3.05, 3.63) is 78.4 Å². The van der Waals surface area contributed by atoms with E-state index in [1.165, 1.54) is 22.8 Å². The van der Waals surface area contributed by atoms with Crippen LogP contribution in [0.25, 0.3) is 10.8 Å². The Labute approximate surface area is 167 Å². The van der Waals surface area contributed by atoms with E-state index >= 15 is 0 Å². The summed E-state index contributed by atoms with van der Waals surface area (Å²) < 4.78 is 0. The summed E-state index contributed by atoms with van der Waals surface area (Å²) in [5.74, 6) is 0. The molecule has 0 heterocycles. The predicted molar refractivity (Wildman–Crippen MR) is 124 cm³/mol. The van der Waals surface area contributed by atoms with Crippen LogP contribution in [0.4, 0.5) is 5.69 Å². The Morgan fingerprint density at radius 3 is 1.26 bits per heavy atom. The van der Waals surface area contributed by atoms with E-state index in [0.717, 1.165) is 5.69 Å². The molecule has 2 nitrogen and oxygen atoms in total. The van der Waals surface area contributed by atoms with Gasteiger partial charge >= 0.3 is 0 Å². The highest BCUT2D eigenvalue weighted by molar-refractivity contribution is 5.81. The van der Waals surface area contributed by atoms with Crippen LogP contribution in [0.5, 0.6) is 0 Å². The summed E-state index contributed by atoms with van der Waals surface area (Å²) in [5, 5.41) is 10.2. The minimum absolute atomic E-state index is 0.910. The zero-order valence-electron chi connectivity index (χ0n) is 18.5. The lowest BCUT2D eigenvalue weighted by atomic mass is 10.1. The summed E-state index contributed by atoms with van der Waals surface area (Å²) in [6.07, 6.45) is 1.25. The van der Waals surface area contributed by atoms with E-state index in [2.05, 4.69) is 72.6 Å². The number of fused-ring (bicyclic) bond motifs is 1. The number of nitrogens with zero attached hydrogens (tertiary/aromatic N) is 2. The first kappa shape index (κ1) is 26.7. The van der Waals surface area contributed by atoms with Crippen LogP contribution >= 0.6 is 0 Å². The van der Waals surface area contributed by atoms with Crippen LogP contribution < -0.4 is 0 Å². The Hall–Kier alpha value is -2.48. The van der Waals surface area contributed by atoms with Gasteiger partial charge < -0.3 is 0 Å². The Balaban J connectivity index is 0. The quantitative estimate of drug-likeness (QED) is 0.384. The Morgan fingerprint density at radius 2 is 0.963 bits per heavy atom. The smallest absolute Gasteiger partial charge is 0.0852 e. The van der Waals surface area contributed by atoms with Crippen molar-refractivity contribution in [2.24, 2.45) is 10.2 Å². The molecule has 2 heteroatoms. The molecule has 0 aliphatic carbocycles. The average Bonchev–Trinajstić information content (AvgIpc) is 2.74. The van der Waals surface area contributed by atoms with Crippen molar-refractivity contribution < 1.29 is 0 Å². The summed E-state index contributed by atoms with van der Waals surface area (Å²) in [6, 6.07) is 24.6. The second-order valence-corrected chi connectivity index (χ2v) is 5.19. The first-order valence-corrected chi connectivity index (χ1v) is 10.0. The van der Waals surface area contributed by atoms with Crippen LogP contribution in [-0.4, -0.2) is 7.05 Å². The molecule has 3 rings (SSSR count). The molecule has 0 N–H and O–H groups in total. The van der Waals surface area contributed by atoms with E-state index in [1.807, 2.05) is 58.9 Å². The van der Waals surface area contributed by atoms with Gasteiger partial charge in [0.2, 0.25) is 0 Å². The zero-order valence-corrected chi connectivity index (χ0v) is 18.5. The predicted octanol–water partition coefficient (Wildman–Crippen LogP) is 9.02. The maximum Gasteiger partial charge on any atom is 0.0852 e. The van der Waals surface area contributed by atoms with E-state index in [0.29, 0.717) is 0 Å². The molecule has 0 spiro atoms. The number of hydrogen-bond donors (Lipinski definition) is 0. The van der Waals surface area contributed by atoms with Gasteiger partial charge in [-0.25, -0.2) is 0 Å². The van der Waals surface area contributed by atoms with Crippen LogP contribution in [0, 0.1) is 6.92 Å². The molecular formula is C25H38N2. The van der Waals surface area contributed by atoms with Gasteiger partial charge in [0.1, 0.15) is 0 Å². The molecule has 0 unspecified atom stereocenters. The highest BCUT2D eigenvalue weighted by atomic mass is 15.1. The fraction of sp³-hybridized carbons (Fsp3) is 0.360. The van der Waals surface area contributed by atoms with Crippen molar-refractivity contribution in [2.45, 2.75) is 54.9 Å². The SMILES string of the molecule is CC.CC.CCC.CN=Nc1ccc(C)cc1.c1ccc2ccccc2c1. The van der Waals surface area contributed by atoms with Gasteiger partial charge in [0.25, 0.3) is 0 Å². The lowest BCUT2D eigenvalue weighted by molar-refractivity contribution is 1.09. The molecule has 0 fully saturated rings. The highest BCUT2D eigenvalue weighted by Gasteiger charge is 1.86. The lowest BCUT2D eigenvalue weighted by Crippen LogP contribution is -1.67. The molecular weight excluding hydrogens is 328 g/mol. The third kappa shape index (κ3) is 13.4. The Bertz CT molecular complexity index is 635. The minimum Gasteiger partial charge on any atom is -0.192 e. The van der Waals surface area contributed by atoms with Gasteiger partial charge in [-0.15, -0.1) is 0 Å². The molecule has 3 aromatic carbocycles. The summed E-state index contributed by atoms with van der Waals surface area (Å²) >= 11 is 0. The first-order valence-electron chi connectivity index (χ1n) is 10.0. The van der Waals surface area contributed by atoms with Gasteiger partial charge in [-0.05, 0) is 29.8 Å². The summed E-state index contributed by atoms with van der Waals surface area (Å²) in [5.41, 5.74) is 2.16. The van der Waals surface area contributed by atoms with Gasteiger partial charge in [0.05, 0.1) is 5.69 Å². The highest BCUT2D eigenvalue weighted by Crippen LogP contribution is 2.12. The van der Waals surface area contributed by atoms with Crippen molar-refractivity contribution >= 4 is 16.5 Å². The van der Waals surface area contributed by atoms with E-state index in [4.69, 9.17) is 0 Å². The Morgan fingerprint density at radius 1 is 0.630 bits per heavy atom. The third-order valence-corrected chi connectivity index (χ3v) is 2.91. The van der Waals surface area contributed by atoms with Gasteiger partial charge in [-0.3, -0.25) is 0 Å². The summed E-state index contributed by atoms with van der Waals surface area (Å²) in [4.78, 5) is 0. The first-order chi connectivity index (χ1) is 13.2. The minimum atomic E-state index is 0.910. The zero-order chi connectivity index (χ0) is 20.9. The number of benzene rings is 3. The van der Waals surface area contributed by atoms with Gasteiger partial charge in [-0.1, -0.05) is 114 Å². The molecule has 148 valence electrons. The monoisotopic (exact) mass is 366 g/mol. The molecule has 0 aliphatic rings. The fourth-order valence-corrected chi connectivity index (χ4v) is 1.86. The van der Waals surface area contributed by atoms with Gasteiger partial charge in [0, 0.05) is 7.05 Å². The molecule has 0 amide bonds. The topological polar surface area (TPSA) is 24.7 Å². The molecule has 0 radical (unpaired) electrons. The van der Waals surface area contributed by atoms with Gasteiger partial charge in [0.15, 0.2) is 0 Å². The normalized spacial score (nSPS) is 8.74. The molecule has 0 aliphatic heterocycles. The largest absolute Gasteiger partial charge is 0.192 e. The van der Waals surface area contributed by atoms with Crippen LogP contribution in [-0.2, 0) is 0 Å². The average molecular weight is 367 g/mol. The maximum atomic E-state index is 3.87. The van der Waals surface area contributed by atoms with Crippen LogP contribution in [0.15, 0.2) is 83.0 Å². The molecule has 0 saturated heterocycles. The van der Waals surface area contributed by atoms with Crippen LogP contribution in [0.2, 0.25) is 0 Å². The second kappa shape index (κ2) is 19.8. The van der Waals surface area contributed by atoms with E-state index < -0.39 is 0 Å². The lowest BCUT2D eigenvalue weighted by Gasteiger charge is -1.92. The van der Waals surface area contributed by atoms with E-state index in [9.17, 15) is 0 Å².